The quantitative estimate of drug-likeness (QED) is 0.875. The van der Waals surface area contributed by atoms with Gasteiger partial charge >= 0.3 is 0 Å². The molecule has 146 valence electrons. The number of H-pyrrole nitrogens is 1. The van der Waals surface area contributed by atoms with Crippen LogP contribution >= 0.6 is 0 Å². The second-order valence-corrected chi connectivity index (χ2v) is 7.50. The second kappa shape index (κ2) is 7.82. The Morgan fingerprint density at radius 2 is 1.96 bits per heavy atom. The predicted octanol–water partition coefficient (Wildman–Crippen LogP) is 1.30. The smallest absolute Gasteiger partial charge is 0.255 e. The van der Waals surface area contributed by atoms with Crippen molar-refractivity contribution in [2.24, 2.45) is 7.05 Å². The molecule has 2 aliphatic rings. The molecular weight excluding hydrogens is 344 g/mol. The first-order valence-electron chi connectivity index (χ1n) is 9.75. The van der Waals surface area contributed by atoms with Crippen LogP contribution in [0.5, 0.6) is 0 Å². The monoisotopic (exact) mass is 372 g/mol. The van der Waals surface area contributed by atoms with E-state index in [0.29, 0.717) is 5.92 Å². The lowest BCUT2D eigenvalue weighted by Crippen LogP contribution is -2.38. The van der Waals surface area contributed by atoms with Gasteiger partial charge in [0.05, 0.1) is 25.3 Å². The van der Waals surface area contributed by atoms with E-state index in [-0.39, 0.29) is 5.91 Å². The molecule has 1 N–H and O–H groups in total. The van der Waals surface area contributed by atoms with Crippen LogP contribution in [0.2, 0.25) is 0 Å². The van der Waals surface area contributed by atoms with Crippen LogP contribution in [0, 0.1) is 6.92 Å². The minimum absolute atomic E-state index is 0.123. The molecule has 8 nitrogen and oxygen atoms in total. The molecule has 0 radical (unpaired) electrons. The Balaban J connectivity index is 1.37. The van der Waals surface area contributed by atoms with Crippen molar-refractivity contribution < 1.29 is 9.53 Å². The Kier molecular flexibility index (Phi) is 5.27. The number of amides is 1. The maximum atomic E-state index is 12.7. The number of likely N-dealkylation sites (tertiary alicyclic amines) is 1. The lowest BCUT2D eigenvalue weighted by atomic mass is 9.95. The largest absolute Gasteiger partial charge is 0.379 e. The number of nitrogens with zero attached hydrogens (tertiary/aromatic N) is 5. The van der Waals surface area contributed by atoms with Crippen LogP contribution in [0.1, 0.15) is 46.5 Å². The van der Waals surface area contributed by atoms with Crippen LogP contribution in [-0.4, -0.2) is 74.8 Å². The molecule has 2 fully saturated rings. The average Bonchev–Trinajstić information content (AvgIpc) is 3.28. The molecule has 0 bridgehead atoms. The molecular formula is C19H28N6O2. The number of aromatic nitrogens is 4. The van der Waals surface area contributed by atoms with E-state index in [4.69, 9.17) is 4.74 Å². The average molecular weight is 372 g/mol. The highest BCUT2D eigenvalue weighted by molar-refractivity contribution is 5.95. The molecule has 2 aromatic rings. The maximum Gasteiger partial charge on any atom is 0.255 e. The molecule has 0 aromatic carbocycles. The number of carbonyl (C=O) groups excluding carboxylic acids is 1. The van der Waals surface area contributed by atoms with Gasteiger partial charge in [0.15, 0.2) is 0 Å². The first-order valence-corrected chi connectivity index (χ1v) is 9.75. The summed E-state index contributed by atoms with van der Waals surface area (Å²) < 4.78 is 7.56. The summed E-state index contributed by atoms with van der Waals surface area (Å²) in [6.45, 7) is 7.75. The molecule has 0 unspecified atom stereocenters. The topological polar surface area (TPSA) is 79.3 Å². The van der Waals surface area contributed by atoms with Gasteiger partial charge in [-0.25, -0.2) is 0 Å². The van der Waals surface area contributed by atoms with E-state index in [1.165, 1.54) is 0 Å². The number of hydrogen-bond donors (Lipinski definition) is 1. The predicted molar refractivity (Wildman–Crippen MR) is 101 cm³/mol. The summed E-state index contributed by atoms with van der Waals surface area (Å²) in [6.07, 6.45) is 3.68. The zero-order valence-corrected chi connectivity index (χ0v) is 16.1. The minimum Gasteiger partial charge on any atom is -0.379 e. The molecule has 1 amide bonds. The van der Waals surface area contributed by atoms with Crippen LogP contribution in [0.25, 0.3) is 0 Å². The Labute approximate surface area is 159 Å². The first kappa shape index (κ1) is 18.2. The van der Waals surface area contributed by atoms with E-state index < -0.39 is 0 Å². The number of morpholine rings is 1. The third kappa shape index (κ3) is 3.77. The third-order valence-electron chi connectivity index (χ3n) is 5.80. The number of aryl methyl sites for hydroxylation is 1. The molecule has 8 heteroatoms. The Morgan fingerprint density at radius 3 is 2.63 bits per heavy atom. The first-order chi connectivity index (χ1) is 13.1. The number of ether oxygens (including phenoxy) is 1. The molecule has 4 rings (SSSR count). The van der Waals surface area contributed by atoms with Crippen LogP contribution in [0.3, 0.4) is 0 Å². The van der Waals surface area contributed by atoms with Gasteiger partial charge in [-0.1, -0.05) is 0 Å². The summed E-state index contributed by atoms with van der Waals surface area (Å²) in [4.78, 5) is 20.1. The standard InChI is InChI=1S/C19H28N6O2/c1-14-16(3-6-20-14)19(26)25-7-4-15(5-8-25)18-22-21-17(23(18)2)13-24-9-11-27-12-10-24/h3,6,15,20H,4-5,7-13H2,1-2H3. The summed E-state index contributed by atoms with van der Waals surface area (Å²) >= 11 is 0. The molecule has 2 aromatic heterocycles. The zero-order chi connectivity index (χ0) is 18.8. The van der Waals surface area contributed by atoms with Crippen molar-refractivity contribution in [3.63, 3.8) is 0 Å². The molecule has 0 aliphatic carbocycles. The van der Waals surface area contributed by atoms with Crippen LogP contribution in [0.4, 0.5) is 0 Å². The van der Waals surface area contributed by atoms with Gasteiger partial charge in [-0.3, -0.25) is 9.69 Å². The molecule has 0 spiro atoms. The number of aromatic amines is 1. The van der Waals surface area contributed by atoms with Gasteiger partial charge in [-0.2, -0.15) is 0 Å². The molecule has 27 heavy (non-hydrogen) atoms. The van der Waals surface area contributed by atoms with Crippen molar-refractivity contribution >= 4 is 5.91 Å². The fourth-order valence-electron chi connectivity index (χ4n) is 4.02. The summed E-state index contributed by atoms with van der Waals surface area (Å²) in [5.41, 5.74) is 1.71. The SMILES string of the molecule is Cc1[nH]ccc1C(=O)N1CCC(c2nnc(CN3CCOCC3)n2C)CC1. The van der Waals surface area contributed by atoms with Gasteiger partial charge in [0, 0.05) is 51.0 Å². The lowest BCUT2D eigenvalue weighted by molar-refractivity contribution is 0.0326. The fraction of sp³-hybridized carbons (Fsp3) is 0.632. The third-order valence-corrected chi connectivity index (χ3v) is 5.80. The van der Waals surface area contributed by atoms with Crippen molar-refractivity contribution in [3.05, 3.63) is 35.2 Å². The fourth-order valence-corrected chi connectivity index (χ4v) is 4.02. The molecule has 4 heterocycles. The molecule has 2 saturated heterocycles. The highest BCUT2D eigenvalue weighted by atomic mass is 16.5. The normalized spacial score (nSPS) is 19.6. The van der Waals surface area contributed by atoms with Crippen molar-refractivity contribution in [2.45, 2.75) is 32.2 Å². The summed E-state index contributed by atoms with van der Waals surface area (Å²) in [5, 5.41) is 8.92. The number of hydrogen-bond acceptors (Lipinski definition) is 5. The Hall–Kier alpha value is -2.19. The number of nitrogens with one attached hydrogen (secondary N) is 1. The van der Waals surface area contributed by atoms with Crippen molar-refractivity contribution in [1.29, 1.82) is 0 Å². The molecule has 0 saturated carbocycles. The highest BCUT2D eigenvalue weighted by Crippen LogP contribution is 2.28. The summed E-state index contributed by atoms with van der Waals surface area (Å²) in [6, 6.07) is 1.87. The molecule has 2 aliphatic heterocycles. The van der Waals surface area contributed by atoms with Gasteiger partial charge in [0.1, 0.15) is 11.6 Å². The van der Waals surface area contributed by atoms with Crippen LogP contribution < -0.4 is 0 Å². The Morgan fingerprint density at radius 1 is 1.22 bits per heavy atom. The van der Waals surface area contributed by atoms with Gasteiger partial charge in [0.25, 0.3) is 5.91 Å². The van der Waals surface area contributed by atoms with E-state index in [1.807, 2.05) is 24.1 Å². The lowest BCUT2D eigenvalue weighted by Gasteiger charge is -2.31. The van der Waals surface area contributed by atoms with Gasteiger partial charge < -0.3 is 19.2 Å². The summed E-state index contributed by atoms with van der Waals surface area (Å²) in [5.74, 6) is 2.53. The van der Waals surface area contributed by atoms with Gasteiger partial charge in [-0.15, -0.1) is 10.2 Å². The molecule has 0 atom stereocenters. The van der Waals surface area contributed by atoms with E-state index in [0.717, 1.165) is 81.7 Å². The van der Waals surface area contributed by atoms with Crippen LogP contribution in [-0.2, 0) is 18.3 Å². The second-order valence-electron chi connectivity index (χ2n) is 7.50. The van der Waals surface area contributed by atoms with E-state index >= 15 is 0 Å². The number of carbonyl (C=O) groups is 1. The zero-order valence-electron chi connectivity index (χ0n) is 16.1. The van der Waals surface area contributed by atoms with Crippen molar-refractivity contribution in [2.75, 3.05) is 39.4 Å². The maximum absolute atomic E-state index is 12.7. The minimum atomic E-state index is 0.123. The number of piperidine rings is 1. The van der Waals surface area contributed by atoms with Crippen molar-refractivity contribution in [3.8, 4) is 0 Å². The van der Waals surface area contributed by atoms with Gasteiger partial charge in [-0.05, 0) is 25.8 Å². The Bertz CT molecular complexity index is 784. The van der Waals surface area contributed by atoms with E-state index in [1.54, 1.807) is 0 Å². The summed E-state index contributed by atoms with van der Waals surface area (Å²) in [7, 11) is 2.06. The van der Waals surface area contributed by atoms with Crippen molar-refractivity contribution in [1.82, 2.24) is 29.5 Å². The highest BCUT2D eigenvalue weighted by Gasteiger charge is 2.28. The van der Waals surface area contributed by atoms with E-state index in [2.05, 4.69) is 31.7 Å². The van der Waals surface area contributed by atoms with Gasteiger partial charge in [0.2, 0.25) is 0 Å². The van der Waals surface area contributed by atoms with E-state index in [9.17, 15) is 4.79 Å². The number of rotatable bonds is 4. The van der Waals surface area contributed by atoms with Crippen LogP contribution in [0.15, 0.2) is 12.3 Å².